The Bertz CT molecular complexity index is 970. The van der Waals surface area contributed by atoms with E-state index in [1.54, 1.807) is 0 Å². The Labute approximate surface area is 160 Å². The molecule has 1 N–H and O–H groups in total. The van der Waals surface area contributed by atoms with Crippen molar-refractivity contribution in [2.75, 3.05) is 18.4 Å². The van der Waals surface area contributed by atoms with E-state index in [9.17, 15) is 4.79 Å². The van der Waals surface area contributed by atoms with Crippen molar-refractivity contribution in [1.82, 2.24) is 14.3 Å². The molecule has 1 aliphatic heterocycles. The molecule has 1 amide bonds. The largest absolute Gasteiger partial charge is 0.321 e. The molecule has 0 bridgehead atoms. The summed E-state index contributed by atoms with van der Waals surface area (Å²) in [7, 11) is 0. The summed E-state index contributed by atoms with van der Waals surface area (Å²) >= 11 is 0. The minimum Gasteiger partial charge on any atom is -0.321 e. The maximum Gasteiger partial charge on any atom is 0.274 e. The topological polar surface area (TPSA) is 49.6 Å². The summed E-state index contributed by atoms with van der Waals surface area (Å²) in [6, 6.07) is 12.1. The lowest BCUT2D eigenvalue weighted by Gasteiger charge is -2.26. The van der Waals surface area contributed by atoms with Gasteiger partial charge in [-0.25, -0.2) is 4.98 Å². The molecule has 1 fully saturated rings. The van der Waals surface area contributed by atoms with Gasteiger partial charge in [0.05, 0.1) is 5.69 Å². The van der Waals surface area contributed by atoms with Crippen molar-refractivity contribution in [3.8, 4) is 0 Å². The number of nitrogens with one attached hydrogen (secondary N) is 1. The second-order valence-electron chi connectivity index (χ2n) is 7.47. The van der Waals surface area contributed by atoms with Crippen molar-refractivity contribution in [2.45, 2.75) is 39.7 Å². The number of carbonyl (C=O) groups is 1. The van der Waals surface area contributed by atoms with Crippen molar-refractivity contribution in [1.29, 1.82) is 0 Å². The second-order valence-corrected chi connectivity index (χ2v) is 7.47. The average Bonchev–Trinajstić information content (AvgIpc) is 2.98. The van der Waals surface area contributed by atoms with Gasteiger partial charge >= 0.3 is 0 Å². The average molecular weight is 362 g/mol. The number of anilines is 1. The predicted octanol–water partition coefficient (Wildman–Crippen LogP) is 4.19. The summed E-state index contributed by atoms with van der Waals surface area (Å²) in [6.45, 7) is 7.16. The summed E-state index contributed by atoms with van der Waals surface area (Å²) in [5.74, 6) is -0.124. The first-order valence-electron chi connectivity index (χ1n) is 9.68. The van der Waals surface area contributed by atoms with E-state index in [2.05, 4.69) is 27.3 Å². The number of nitrogens with zero attached hydrogens (tertiary/aromatic N) is 3. The van der Waals surface area contributed by atoms with E-state index in [0.29, 0.717) is 5.69 Å². The highest BCUT2D eigenvalue weighted by Gasteiger charge is 2.17. The fourth-order valence-corrected chi connectivity index (χ4v) is 3.86. The van der Waals surface area contributed by atoms with E-state index >= 15 is 0 Å². The number of hydrogen-bond acceptors (Lipinski definition) is 3. The van der Waals surface area contributed by atoms with Crippen molar-refractivity contribution < 1.29 is 4.79 Å². The number of rotatable bonds is 4. The number of likely N-dealkylation sites (tertiary alicyclic amines) is 1. The van der Waals surface area contributed by atoms with Crippen LogP contribution in [0.4, 0.5) is 5.69 Å². The molecule has 5 heteroatoms. The van der Waals surface area contributed by atoms with E-state index in [-0.39, 0.29) is 5.91 Å². The Morgan fingerprint density at radius 1 is 1.11 bits per heavy atom. The van der Waals surface area contributed by atoms with Crippen LogP contribution in [-0.4, -0.2) is 33.3 Å². The number of carbonyl (C=O) groups excluding carboxylic acids is 1. The molecule has 0 spiro atoms. The van der Waals surface area contributed by atoms with E-state index < -0.39 is 0 Å². The van der Waals surface area contributed by atoms with Gasteiger partial charge in [-0.15, -0.1) is 0 Å². The van der Waals surface area contributed by atoms with E-state index in [4.69, 9.17) is 0 Å². The van der Waals surface area contributed by atoms with Gasteiger partial charge in [0.2, 0.25) is 0 Å². The zero-order valence-corrected chi connectivity index (χ0v) is 16.0. The Morgan fingerprint density at radius 3 is 2.74 bits per heavy atom. The molecular formula is C22H26N4O. The van der Waals surface area contributed by atoms with Gasteiger partial charge in [-0.05, 0) is 69.1 Å². The van der Waals surface area contributed by atoms with Crippen LogP contribution in [0.25, 0.3) is 5.65 Å². The Hall–Kier alpha value is -2.66. The Kier molecular flexibility index (Phi) is 4.94. The normalized spacial score (nSPS) is 15.2. The third-order valence-corrected chi connectivity index (χ3v) is 5.20. The van der Waals surface area contributed by atoms with Crippen molar-refractivity contribution in [2.24, 2.45) is 0 Å². The summed E-state index contributed by atoms with van der Waals surface area (Å²) in [5, 5.41) is 3.06. The standard InChI is InChI=1S/C22H26N4O/c1-16-9-10-20-23-17(2)21(26(20)14-16)22(27)24-19-8-6-7-18(13-19)15-25-11-4-3-5-12-25/h6-10,13-14H,3-5,11-12,15H2,1-2H3,(H,24,27). The molecule has 1 aliphatic rings. The van der Waals surface area contributed by atoms with Gasteiger partial charge in [0.15, 0.2) is 0 Å². The van der Waals surface area contributed by atoms with Crippen molar-refractivity contribution in [3.05, 3.63) is 65.1 Å². The van der Waals surface area contributed by atoms with E-state index in [0.717, 1.165) is 42.2 Å². The van der Waals surface area contributed by atoms with Gasteiger partial charge < -0.3 is 5.32 Å². The number of hydrogen-bond donors (Lipinski definition) is 1. The Morgan fingerprint density at radius 2 is 1.93 bits per heavy atom. The zero-order chi connectivity index (χ0) is 18.8. The quantitative estimate of drug-likeness (QED) is 0.757. The van der Waals surface area contributed by atoms with Crippen LogP contribution >= 0.6 is 0 Å². The van der Waals surface area contributed by atoms with Crippen molar-refractivity contribution in [3.63, 3.8) is 0 Å². The number of piperidine rings is 1. The monoisotopic (exact) mass is 362 g/mol. The minimum atomic E-state index is -0.124. The van der Waals surface area contributed by atoms with Crippen LogP contribution in [0.15, 0.2) is 42.6 Å². The van der Waals surface area contributed by atoms with Gasteiger partial charge in [-0.1, -0.05) is 24.6 Å². The summed E-state index contributed by atoms with van der Waals surface area (Å²) in [4.78, 5) is 19.9. The van der Waals surface area contributed by atoms with Gasteiger partial charge in [0.25, 0.3) is 5.91 Å². The maximum absolute atomic E-state index is 12.9. The molecular weight excluding hydrogens is 336 g/mol. The zero-order valence-electron chi connectivity index (χ0n) is 16.0. The molecule has 4 rings (SSSR count). The van der Waals surface area contributed by atoms with Crippen LogP contribution in [-0.2, 0) is 6.54 Å². The first kappa shape index (κ1) is 17.7. The molecule has 0 unspecified atom stereocenters. The first-order chi connectivity index (χ1) is 13.1. The van der Waals surface area contributed by atoms with Gasteiger partial charge in [0, 0.05) is 18.4 Å². The molecule has 27 heavy (non-hydrogen) atoms. The number of amides is 1. The van der Waals surface area contributed by atoms with E-state index in [1.165, 1.54) is 24.8 Å². The fourth-order valence-electron chi connectivity index (χ4n) is 3.86. The third kappa shape index (κ3) is 3.88. The van der Waals surface area contributed by atoms with Gasteiger partial charge in [-0.3, -0.25) is 14.1 Å². The number of benzene rings is 1. The molecule has 3 heterocycles. The number of fused-ring (bicyclic) bond motifs is 1. The highest BCUT2D eigenvalue weighted by Crippen LogP contribution is 2.19. The molecule has 0 radical (unpaired) electrons. The molecule has 140 valence electrons. The highest BCUT2D eigenvalue weighted by molar-refractivity contribution is 6.04. The van der Waals surface area contributed by atoms with Gasteiger partial charge in [-0.2, -0.15) is 0 Å². The molecule has 1 saturated heterocycles. The van der Waals surface area contributed by atoms with Crippen LogP contribution in [0.2, 0.25) is 0 Å². The van der Waals surface area contributed by atoms with Gasteiger partial charge in [0.1, 0.15) is 11.3 Å². The molecule has 0 aliphatic carbocycles. The number of aryl methyl sites for hydroxylation is 2. The molecule has 0 atom stereocenters. The number of pyridine rings is 1. The molecule has 5 nitrogen and oxygen atoms in total. The third-order valence-electron chi connectivity index (χ3n) is 5.20. The summed E-state index contributed by atoms with van der Waals surface area (Å²) in [5.41, 5.74) is 5.29. The van der Waals surface area contributed by atoms with Crippen LogP contribution in [0, 0.1) is 13.8 Å². The maximum atomic E-state index is 12.9. The molecule has 1 aromatic carbocycles. The van der Waals surface area contributed by atoms with Crippen molar-refractivity contribution >= 4 is 17.2 Å². The van der Waals surface area contributed by atoms with Crippen LogP contribution in [0.3, 0.4) is 0 Å². The molecule has 0 saturated carbocycles. The second kappa shape index (κ2) is 7.53. The van der Waals surface area contributed by atoms with Crippen LogP contribution in [0.5, 0.6) is 0 Å². The Balaban J connectivity index is 1.54. The lowest BCUT2D eigenvalue weighted by atomic mass is 10.1. The van der Waals surface area contributed by atoms with Crippen LogP contribution in [0.1, 0.15) is 46.6 Å². The SMILES string of the molecule is Cc1ccc2nc(C)c(C(=O)Nc3cccc(CN4CCCCC4)c3)n2c1. The lowest BCUT2D eigenvalue weighted by Crippen LogP contribution is -2.29. The fraction of sp³-hybridized carbons (Fsp3) is 0.364. The minimum absolute atomic E-state index is 0.124. The molecule has 2 aromatic heterocycles. The predicted molar refractivity (Wildman–Crippen MR) is 108 cm³/mol. The highest BCUT2D eigenvalue weighted by atomic mass is 16.2. The summed E-state index contributed by atoms with van der Waals surface area (Å²) in [6.07, 6.45) is 5.86. The van der Waals surface area contributed by atoms with Crippen LogP contribution < -0.4 is 5.32 Å². The number of aromatic nitrogens is 2. The van der Waals surface area contributed by atoms with E-state index in [1.807, 2.05) is 48.7 Å². The lowest BCUT2D eigenvalue weighted by molar-refractivity contribution is 0.102. The first-order valence-corrected chi connectivity index (χ1v) is 9.68. The summed E-state index contributed by atoms with van der Waals surface area (Å²) < 4.78 is 1.87. The number of imidazole rings is 1. The smallest absolute Gasteiger partial charge is 0.274 e. The molecule has 3 aromatic rings.